The van der Waals surface area contributed by atoms with Gasteiger partial charge in [0, 0.05) is 24.4 Å². The van der Waals surface area contributed by atoms with Crippen LogP contribution in [-0.2, 0) is 12.3 Å². The van der Waals surface area contributed by atoms with E-state index in [-0.39, 0.29) is 12.0 Å². The molecule has 0 aromatic carbocycles. The molecule has 0 fully saturated rings. The van der Waals surface area contributed by atoms with Crippen molar-refractivity contribution in [1.29, 1.82) is 0 Å². The van der Waals surface area contributed by atoms with Crippen LogP contribution in [-0.4, -0.2) is 4.98 Å². The zero-order valence-electron chi connectivity index (χ0n) is 6.56. The molecular formula is C9H9F2N. The van der Waals surface area contributed by atoms with Gasteiger partial charge in [-0.15, -0.1) is 0 Å². The summed E-state index contributed by atoms with van der Waals surface area (Å²) in [6.07, 6.45) is 4.24. The van der Waals surface area contributed by atoms with E-state index in [0.717, 1.165) is 6.42 Å². The fourth-order valence-corrected chi connectivity index (χ4v) is 1.62. The second-order valence-corrected chi connectivity index (χ2v) is 3.09. The van der Waals surface area contributed by atoms with E-state index < -0.39 is 5.92 Å². The number of hydrogen-bond donors (Lipinski definition) is 0. The van der Waals surface area contributed by atoms with Crippen LogP contribution in [0.25, 0.3) is 0 Å². The maximum Gasteiger partial charge on any atom is 0.273 e. The van der Waals surface area contributed by atoms with Crippen LogP contribution < -0.4 is 0 Å². The van der Waals surface area contributed by atoms with Gasteiger partial charge in [-0.1, -0.05) is 0 Å². The van der Waals surface area contributed by atoms with Gasteiger partial charge in [-0.25, -0.2) is 8.78 Å². The van der Waals surface area contributed by atoms with E-state index in [4.69, 9.17) is 0 Å². The van der Waals surface area contributed by atoms with Crippen molar-refractivity contribution in [2.45, 2.75) is 25.2 Å². The zero-order chi connectivity index (χ0) is 8.60. The molecule has 2 rings (SSSR count). The molecular weight excluding hydrogens is 160 g/mol. The highest BCUT2D eigenvalue weighted by atomic mass is 19.3. The van der Waals surface area contributed by atoms with E-state index in [1.807, 2.05) is 0 Å². The molecule has 3 heteroatoms. The first-order valence-electron chi connectivity index (χ1n) is 4.01. The minimum absolute atomic E-state index is 0.0238. The third kappa shape index (κ3) is 1.09. The molecule has 0 spiro atoms. The summed E-state index contributed by atoms with van der Waals surface area (Å²) in [7, 11) is 0. The molecule has 0 unspecified atom stereocenters. The quantitative estimate of drug-likeness (QED) is 0.581. The highest BCUT2D eigenvalue weighted by molar-refractivity contribution is 5.29. The average molecular weight is 169 g/mol. The van der Waals surface area contributed by atoms with Crippen LogP contribution >= 0.6 is 0 Å². The van der Waals surface area contributed by atoms with E-state index in [9.17, 15) is 8.78 Å². The fourth-order valence-electron chi connectivity index (χ4n) is 1.62. The van der Waals surface area contributed by atoms with Gasteiger partial charge < -0.3 is 0 Å². The Morgan fingerprint density at radius 1 is 1.42 bits per heavy atom. The first-order chi connectivity index (χ1) is 5.70. The highest BCUT2D eigenvalue weighted by Gasteiger charge is 2.36. The second kappa shape index (κ2) is 2.51. The Balaban J connectivity index is 2.52. The third-order valence-corrected chi connectivity index (χ3v) is 2.23. The molecule has 0 saturated heterocycles. The number of aromatic nitrogens is 1. The molecule has 0 radical (unpaired) electrons. The summed E-state index contributed by atoms with van der Waals surface area (Å²) in [5.41, 5.74) is 0.873. The zero-order valence-corrected chi connectivity index (χ0v) is 6.56. The van der Waals surface area contributed by atoms with Crippen LogP contribution in [0.2, 0.25) is 0 Å². The predicted octanol–water partition coefficient (Wildman–Crippen LogP) is 2.51. The minimum atomic E-state index is -2.63. The smallest absolute Gasteiger partial charge is 0.264 e. The number of alkyl halides is 2. The first-order valence-corrected chi connectivity index (χ1v) is 4.01. The normalized spacial score (nSPS) is 20.2. The van der Waals surface area contributed by atoms with Gasteiger partial charge in [0.1, 0.15) is 0 Å². The maximum absolute atomic E-state index is 13.2. The third-order valence-electron chi connectivity index (χ3n) is 2.23. The molecule has 0 bridgehead atoms. The van der Waals surface area contributed by atoms with Gasteiger partial charge in [0.2, 0.25) is 0 Å². The highest BCUT2D eigenvalue weighted by Crippen LogP contribution is 2.39. The van der Waals surface area contributed by atoms with Crippen molar-refractivity contribution < 1.29 is 8.78 Å². The Kier molecular flexibility index (Phi) is 1.60. The molecule has 1 aliphatic carbocycles. The molecule has 1 aromatic rings. The molecule has 1 nitrogen and oxygen atoms in total. The van der Waals surface area contributed by atoms with Gasteiger partial charge in [0.05, 0.1) is 0 Å². The van der Waals surface area contributed by atoms with Crippen molar-refractivity contribution in [1.82, 2.24) is 4.98 Å². The number of nitrogens with zero attached hydrogens (tertiary/aromatic N) is 1. The number of halogens is 2. The Bertz CT molecular complexity index is 296. The Labute approximate surface area is 69.4 Å². The van der Waals surface area contributed by atoms with E-state index >= 15 is 0 Å². The topological polar surface area (TPSA) is 12.9 Å². The van der Waals surface area contributed by atoms with Crippen molar-refractivity contribution in [2.75, 3.05) is 0 Å². The molecule has 0 aliphatic heterocycles. The summed E-state index contributed by atoms with van der Waals surface area (Å²) in [5.74, 6) is -2.63. The summed E-state index contributed by atoms with van der Waals surface area (Å²) < 4.78 is 26.3. The molecule has 0 saturated carbocycles. The van der Waals surface area contributed by atoms with E-state index in [0.29, 0.717) is 12.0 Å². The fraction of sp³-hybridized carbons (Fsp3) is 0.444. The molecule has 1 heterocycles. The molecule has 12 heavy (non-hydrogen) atoms. The van der Waals surface area contributed by atoms with Gasteiger partial charge in [-0.05, 0) is 24.5 Å². The maximum atomic E-state index is 13.2. The molecule has 0 N–H and O–H groups in total. The summed E-state index contributed by atoms with van der Waals surface area (Å²) in [6.45, 7) is 0. The summed E-state index contributed by atoms with van der Waals surface area (Å²) in [5, 5.41) is 0. The Morgan fingerprint density at radius 3 is 3.00 bits per heavy atom. The minimum Gasteiger partial charge on any atom is -0.264 e. The lowest BCUT2D eigenvalue weighted by Gasteiger charge is -2.24. The van der Waals surface area contributed by atoms with E-state index in [1.165, 1.54) is 12.3 Å². The van der Waals surface area contributed by atoms with E-state index in [1.54, 1.807) is 6.20 Å². The molecule has 64 valence electrons. The largest absolute Gasteiger partial charge is 0.273 e. The van der Waals surface area contributed by atoms with Crippen LogP contribution in [0.1, 0.15) is 24.0 Å². The predicted molar refractivity (Wildman–Crippen MR) is 41.1 cm³/mol. The molecule has 0 atom stereocenters. The average Bonchev–Trinajstić information content (AvgIpc) is 2.04. The van der Waals surface area contributed by atoms with Crippen LogP contribution in [0.5, 0.6) is 0 Å². The van der Waals surface area contributed by atoms with Crippen molar-refractivity contribution in [3.8, 4) is 0 Å². The number of fused-ring (bicyclic) bond motifs is 1. The van der Waals surface area contributed by atoms with Gasteiger partial charge in [-0.3, -0.25) is 4.98 Å². The van der Waals surface area contributed by atoms with Gasteiger partial charge in [0.15, 0.2) is 0 Å². The Hall–Kier alpha value is -0.990. The van der Waals surface area contributed by atoms with Crippen molar-refractivity contribution in [3.63, 3.8) is 0 Å². The first kappa shape index (κ1) is 7.65. The number of hydrogen-bond acceptors (Lipinski definition) is 1. The lowest BCUT2D eigenvalue weighted by Crippen LogP contribution is -2.20. The molecule has 0 amide bonds. The summed E-state index contributed by atoms with van der Waals surface area (Å²) >= 11 is 0. The van der Waals surface area contributed by atoms with Crippen LogP contribution in [0.4, 0.5) is 8.78 Å². The second-order valence-electron chi connectivity index (χ2n) is 3.09. The molecule has 1 aliphatic rings. The number of pyridine rings is 1. The van der Waals surface area contributed by atoms with Crippen molar-refractivity contribution >= 4 is 0 Å². The summed E-state index contributed by atoms with van der Waals surface area (Å²) in [6, 6.07) is 1.43. The molecule has 1 aromatic heterocycles. The van der Waals surface area contributed by atoms with Gasteiger partial charge in [0.25, 0.3) is 5.92 Å². The van der Waals surface area contributed by atoms with Gasteiger partial charge in [-0.2, -0.15) is 0 Å². The van der Waals surface area contributed by atoms with Crippen molar-refractivity contribution in [3.05, 3.63) is 29.6 Å². The Morgan fingerprint density at radius 2 is 2.25 bits per heavy atom. The summed E-state index contributed by atoms with van der Waals surface area (Å²) in [4.78, 5) is 3.83. The lowest BCUT2D eigenvalue weighted by molar-refractivity contribution is -0.0217. The SMILES string of the molecule is FC1(F)CCCc2cnccc21. The van der Waals surface area contributed by atoms with Gasteiger partial charge >= 0.3 is 0 Å². The lowest BCUT2D eigenvalue weighted by atomic mass is 9.90. The standard InChI is InChI=1S/C9H9F2N/c10-9(11)4-1-2-7-6-12-5-3-8(7)9/h3,5-6H,1-2,4H2. The number of aryl methyl sites for hydroxylation is 1. The number of rotatable bonds is 0. The van der Waals surface area contributed by atoms with Crippen LogP contribution in [0.15, 0.2) is 18.5 Å². The van der Waals surface area contributed by atoms with Crippen LogP contribution in [0, 0.1) is 0 Å². The monoisotopic (exact) mass is 169 g/mol. The van der Waals surface area contributed by atoms with Crippen LogP contribution in [0.3, 0.4) is 0 Å². The van der Waals surface area contributed by atoms with Crippen molar-refractivity contribution in [2.24, 2.45) is 0 Å². The van der Waals surface area contributed by atoms with E-state index in [2.05, 4.69) is 4.98 Å².